The van der Waals surface area contributed by atoms with Crippen LogP contribution in [-0.2, 0) is 11.3 Å². The van der Waals surface area contributed by atoms with Crippen LogP contribution in [0.2, 0.25) is 0 Å². The quantitative estimate of drug-likeness (QED) is 0.588. The molecule has 1 unspecified atom stereocenters. The van der Waals surface area contributed by atoms with E-state index in [9.17, 15) is 0 Å². The molecule has 3 heteroatoms. The monoisotopic (exact) mass is 284 g/mol. The molecule has 0 bridgehead atoms. The first kappa shape index (κ1) is 13.3. The van der Waals surface area contributed by atoms with Gasteiger partial charge in [0.2, 0.25) is 0 Å². The minimum absolute atomic E-state index is 0.288. The van der Waals surface area contributed by atoms with Crippen molar-refractivity contribution in [1.82, 2.24) is 0 Å². The molecule has 0 aliphatic heterocycles. The highest BCUT2D eigenvalue weighted by Gasteiger charge is 1.99. The van der Waals surface area contributed by atoms with Gasteiger partial charge in [-0.1, -0.05) is 40.2 Å². The number of allylic oxidation sites excluding steroid dienone is 1. The van der Waals surface area contributed by atoms with Gasteiger partial charge in [0.05, 0.1) is 25.2 Å². The second-order valence-corrected chi connectivity index (χ2v) is 4.58. The zero-order valence-corrected chi connectivity index (χ0v) is 11.2. The van der Waals surface area contributed by atoms with E-state index in [1.807, 2.05) is 37.3 Å². The maximum absolute atomic E-state index is 5.57. The molecule has 88 valence electrons. The molecule has 1 rings (SSSR count). The number of ether oxygens (including phenoxy) is 2. The average Bonchev–Trinajstić information content (AvgIpc) is 2.30. The van der Waals surface area contributed by atoms with Crippen molar-refractivity contribution in [1.29, 1.82) is 0 Å². The molecular weight excluding hydrogens is 268 g/mol. The van der Waals surface area contributed by atoms with Crippen molar-refractivity contribution in [2.24, 2.45) is 0 Å². The fourth-order valence-electron chi connectivity index (χ4n) is 1.28. The molecule has 0 aliphatic rings. The Kier molecular flexibility index (Phi) is 6.19. The SMILES string of the molecule is C/C=C/C(Br)COCc1ccc(OC)cc1. The zero-order valence-electron chi connectivity index (χ0n) is 9.65. The van der Waals surface area contributed by atoms with Crippen LogP contribution in [0.4, 0.5) is 0 Å². The van der Waals surface area contributed by atoms with Gasteiger partial charge in [-0.3, -0.25) is 0 Å². The lowest BCUT2D eigenvalue weighted by atomic mass is 10.2. The van der Waals surface area contributed by atoms with E-state index in [1.54, 1.807) is 7.11 Å². The van der Waals surface area contributed by atoms with Crippen LogP contribution in [0.15, 0.2) is 36.4 Å². The van der Waals surface area contributed by atoms with E-state index in [0.717, 1.165) is 11.3 Å². The molecule has 0 heterocycles. The zero-order chi connectivity index (χ0) is 11.8. The molecule has 0 spiro atoms. The molecule has 1 atom stereocenters. The number of methoxy groups -OCH3 is 1. The summed E-state index contributed by atoms with van der Waals surface area (Å²) in [5, 5.41) is 0. The summed E-state index contributed by atoms with van der Waals surface area (Å²) < 4.78 is 10.7. The van der Waals surface area contributed by atoms with Gasteiger partial charge >= 0.3 is 0 Å². The number of alkyl halides is 1. The third-order valence-electron chi connectivity index (χ3n) is 2.11. The van der Waals surface area contributed by atoms with Crippen LogP contribution in [0.5, 0.6) is 5.75 Å². The molecule has 0 saturated heterocycles. The molecule has 0 aromatic heterocycles. The molecule has 0 N–H and O–H groups in total. The van der Waals surface area contributed by atoms with E-state index >= 15 is 0 Å². The van der Waals surface area contributed by atoms with Crippen LogP contribution < -0.4 is 4.74 Å². The van der Waals surface area contributed by atoms with E-state index in [2.05, 4.69) is 22.0 Å². The van der Waals surface area contributed by atoms with Gasteiger partial charge < -0.3 is 9.47 Å². The van der Waals surface area contributed by atoms with Crippen molar-refractivity contribution >= 4 is 15.9 Å². The first-order valence-corrected chi connectivity index (χ1v) is 6.15. The van der Waals surface area contributed by atoms with E-state index in [0.29, 0.717) is 13.2 Å². The Morgan fingerprint density at radius 3 is 2.56 bits per heavy atom. The summed E-state index contributed by atoms with van der Waals surface area (Å²) in [6.07, 6.45) is 4.07. The van der Waals surface area contributed by atoms with Gasteiger partial charge in [0.1, 0.15) is 5.75 Å². The normalized spacial score (nSPS) is 12.9. The summed E-state index contributed by atoms with van der Waals surface area (Å²) in [5.74, 6) is 0.871. The average molecular weight is 285 g/mol. The van der Waals surface area contributed by atoms with Crippen LogP contribution in [0.1, 0.15) is 12.5 Å². The second-order valence-electron chi connectivity index (χ2n) is 3.40. The molecular formula is C13H17BrO2. The van der Waals surface area contributed by atoms with E-state index in [4.69, 9.17) is 9.47 Å². The van der Waals surface area contributed by atoms with Crippen LogP contribution in [0.3, 0.4) is 0 Å². The lowest BCUT2D eigenvalue weighted by molar-refractivity contribution is 0.129. The van der Waals surface area contributed by atoms with E-state index in [-0.39, 0.29) is 4.83 Å². The summed E-state index contributed by atoms with van der Waals surface area (Å²) in [7, 11) is 1.66. The van der Waals surface area contributed by atoms with Crippen LogP contribution in [0, 0.1) is 0 Å². The van der Waals surface area contributed by atoms with Gasteiger partial charge in [0, 0.05) is 0 Å². The van der Waals surface area contributed by atoms with Gasteiger partial charge in [0.15, 0.2) is 0 Å². The second kappa shape index (κ2) is 7.47. The highest BCUT2D eigenvalue weighted by atomic mass is 79.9. The Bertz CT molecular complexity index is 319. The van der Waals surface area contributed by atoms with Gasteiger partial charge in [0.25, 0.3) is 0 Å². The number of hydrogen-bond donors (Lipinski definition) is 0. The number of halogens is 1. The van der Waals surface area contributed by atoms with Crippen LogP contribution in [0.25, 0.3) is 0 Å². The van der Waals surface area contributed by atoms with Crippen LogP contribution >= 0.6 is 15.9 Å². The molecule has 1 aromatic rings. The Balaban J connectivity index is 2.31. The first-order valence-electron chi connectivity index (χ1n) is 5.24. The third-order valence-corrected chi connectivity index (χ3v) is 2.68. The molecule has 0 fully saturated rings. The van der Waals surface area contributed by atoms with Crippen molar-refractivity contribution in [2.75, 3.05) is 13.7 Å². The standard InChI is InChI=1S/C13H17BrO2/c1-3-4-12(14)10-16-9-11-5-7-13(15-2)8-6-11/h3-8,12H,9-10H2,1-2H3/b4-3+. The lowest BCUT2D eigenvalue weighted by Crippen LogP contribution is -2.05. The van der Waals surface area contributed by atoms with Crippen molar-refractivity contribution < 1.29 is 9.47 Å². The predicted molar refractivity (Wildman–Crippen MR) is 70.2 cm³/mol. The van der Waals surface area contributed by atoms with Gasteiger partial charge in [-0.25, -0.2) is 0 Å². The summed E-state index contributed by atoms with van der Waals surface area (Å²) in [4.78, 5) is 0.288. The van der Waals surface area contributed by atoms with E-state index in [1.165, 1.54) is 0 Å². The topological polar surface area (TPSA) is 18.5 Å². The number of benzene rings is 1. The number of rotatable bonds is 6. The summed E-state index contributed by atoms with van der Waals surface area (Å²) in [6, 6.07) is 7.90. The van der Waals surface area contributed by atoms with E-state index < -0.39 is 0 Å². The predicted octanol–water partition coefficient (Wildman–Crippen LogP) is 3.55. The number of hydrogen-bond acceptors (Lipinski definition) is 2. The molecule has 0 radical (unpaired) electrons. The Morgan fingerprint density at radius 2 is 2.00 bits per heavy atom. The fraction of sp³-hybridized carbons (Fsp3) is 0.385. The van der Waals surface area contributed by atoms with Crippen molar-refractivity contribution in [3.05, 3.63) is 42.0 Å². The molecule has 16 heavy (non-hydrogen) atoms. The summed E-state index contributed by atoms with van der Waals surface area (Å²) in [5.41, 5.74) is 1.15. The van der Waals surface area contributed by atoms with Crippen molar-refractivity contribution in [3.63, 3.8) is 0 Å². The van der Waals surface area contributed by atoms with Crippen molar-refractivity contribution in [3.8, 4) is 5.75 Å². The molecule has 1 aromatic carbocycles. The molecule has 0 saturated carbocycles. The molecule has 0 aliphatic carbocycles. The van der Waals surface area contributed by atoms with Crippen LogP contribution in [-0.4, -0.2) is 18.5 Å². The smallest absolute Gasteiger partial charge is 0.118 e. The highest BCUT2D eigenvalue weighted by molar-refractivity contribution is 9.09. The van der Waals surface area contributed by atoms with Gasteiger partial charge in [-0.15, -0.1) is 0 Å². The molecule has 2 nitrogen and oxygen atoms in total. The van der Waals surface area contributed by atoms with Crippen molar-refractivity contribution in [2.45, 2.75) is 18.4 Å². The Hall–Kier alpha value is -0.800. The maximum atomic E-state index is 5.57. The largest absolute Gasteiger partial charge is 0.497 e. The minimum atomic E-state index is 0.288. The summed E-state index contributed by atoms with van der Waals surface area (Å²) in [6.45, 7) is 3.30. The molecule has 0 amide bonds. The minimum Gasteiger partial charge on any atom is -0.497 e. The first-order chi connectivity index (χ1) is 7.76. The third kappa shape index (κ3) is 4.81. The highest BCUT2D eigenvalue weighted by Crippen LogP contribution is 2.12. The Labute approximate surface area is 105 Å². The Morgan fingerprint density at radius 1 is 1.31 bits per heavy atom. The lowest BCUT2D eigenvalue weighted by Gasteiger charge is -2.07. The fourth-order valence-corrected chi connectivity index (χ4v) is 1.77. The van der Waals surface area contributed by atoms with Gasteiger partial charge in [-0.05, 0) is 24.6 Å². The van der Waals surface area contributed by atoms with Gasteiger partial charge in [-0.2, -0.15) is 0 Å². The summed E-state index contributed by atoms with van der Waals surface area (Å²) >= 11 is 3.50. The maximum Gasteiger partial charge on any atom is 0.118 e.